The number of benzene rings is 2. The number of fused-ring (bicyclic) bond motifs is 1. The van der Waals surface area contributed by atoms with Gasteiger partial charge in [0.15, 0.2) is 0 Å². The van der Waals surface area contributed by atoms with Gasteiger partial charge in [-0.25, -0.2) is 9.78 Å². The number of rotatable bonds is 4. The molecule has 1 N–H and O–H groups in total. The van der Waals surface area contributed by atoms with E-state index in [4.69, 9.17) is 4.98 Å². The summed E-state index contributed by atoms with van der Waals surface area (Å²) in [6.07, 6.45) is 0. The average molecular weight is 434 g/mol. The van der Waals surface area contributed by atoms with Gasteiger partial charge in [0.25, 0.3) is 5.56 Å². The number of amides is 2. The van der Waals surface area contributed by atoms with Gasteiger partial charge in [-0.2, -0.15) is 0 Å². The standard InChI is InChI=1S/C25H31N5O2/c1-17(2)19-9-11-20(12-10-19)26-25(32)30-15-13-29(14-16-30)18(3)23-27-22-8-6-5-7-21(22)24(31)28(23)4/h5-12,17-18H,13-16H2,1-4H3,(H,26,32). The first-order valence-electron chi connectivity index (χ1n) is 11.2. The van der Waals surface area contributed by atoms with E-state index in [0.717, 1.165) is 30.1 Å². The van der Waals surface area contributed by atoms with Crippen LogP contribution in [0.25, 0.3) is 10.9 Å². The van der Waals surface area contributed by atoms with E-state index in [1.165, 1.54) is 5.56 Å². The predicted octanol–water partition coefficient (Wildman–Crippen LogP) is 3.97. The van der Waals surface area contributed by atoms with Crippen molar-refractivity contribution in [3.63, 3.8) is 0 Å². The largest absolute Gasteiger partial charge is 0.322 e. The van der Waals surface area contributed by atoms with E-state index in [-0.39, 0.29) is 17.6 Å². The number of nitrogens with one attached hydrogen (secondary N) is 1. The van der Waals surface area contributed by atoms with Crippen molar-refractivity contribution in [2.24, 2.45) is 7.05 Å². The summed E-state index contributed by atoms with van der Waals surface area (Å²) in [6, 6.07) is 15.4. The smallest absolute Gasteiger partial charge is 0.321 e. The third kappa shape index (κ3) is 4.39. The molecule has 2 heterocycles. The zero-order valence-electron chi connectivity index (χ0n) is 19.2. The summed E-state index contributed by atoms with van der Waals surface area (Å²) < 4.78 is 1.65. The SMILES string of the molecule is CC(C)c1ccc(NC(=O)N2CCN(C(C)c3nc4ccccc4c(=O)n3C)CC2)cc1. The van der Waals surface area contributed by atoms with Crippen LogP contribution in [0, 0.1) is 0 Å². The van der Waals surface area contributed by atoms with Crippen LogP contribution in [0.15, 0.2) is 53.3 Å². The molecule has 0 bridgehead atoms. The lowest BCUT2D eigenvalue weighted by Crippen LogP contribution is -2.51. The van der Waals surface area contributed by atoms with Gasteiger partial charge in [-0.3, -0.25) is 14.3 Å². The molecule has 1 saturated heterocycles. The van der Waals surface area contributed by atoms with Crippen LogP contribution in [-0.2, 0) is 7.05 Å². The highest BCUT2D eigenvalue weighted by Crippen LogP contribution is 2.22. The molecule has 7 nitrogen and oxygen atoms in total. The van der Waals surface area contributed by atoms with Gasteiger partial charge in [0.2, 0.25) is 0 Å². The molecular weight excluding hydrogens is 402 g/mol. The minimum absolute atomic E-state index is 0.0221. The summed E-state index contributed by atoms with van der Waals surface area (Å²) in [5, 5.41) is 3.63. The van der Waals surface area contributed by atoms with E-state index in [2.05, 4.69) is 43.1 Å². The first kappa shape index (κ1) is 22.0. The van der Waals surface area contributed by atoms with E-state index in [9.17, 15) is 9.59 Å². The van der Waals surface area contributed by atoms with Gasteiger partial charge in [-0.15, -0.1) is 0 Å². The fraction of sp³-hybridized carbons (Fsp3) is 0.400. The van der Waals surface area contributed by atoms with Crippen molar-refractivity contribution in [1.29, 1.82) is 0 Å². The van der Waals surface area contributed by atoms with Crippen molar-refractivity contribution < 1.29 is 4.79 Å². The molecule has 0 saturated carbocycles. The van der Waals surface area contributed by atoms with Crippen LogP contribution in [0.2, 0.25) is 0 Å². The molecular formula is C25H31N5O2. The Labute approximate surface area is 188 Å². The molecule has 32 heavy (non-hydrogen) atoms. The maximum absolute atomic E-state index is 12.8. The number of urea groups is 1. The lowest BCUT2D eigenvalue weighted by Gasteiger charge is -2.38. The highest BCUT2D eigenvalue weighted by atomic mass is 16.2. The van der Waals surface area contributed by atoms with Gasteiger partial charge in [-0.05, 0) is 42.7 Å². The minimum atomic E-state index is -0.0779. The number of carbonyl (C=O) groups excluding carboxylic acids is 1. The Morgan fingerprint density at radius 3 is 2.28 bits per heavy atom. The Bertz CT molecular complexity index is 1160. The average Bonchev–Trinajstić information content (AvgIpc) is 2.81. The lowest BCUT2D eigenvalue weighted by molar-refractivity contribution is 0.114. The highest BCUT2D eigenvalue weighted by Gasteiger charge is 2.27. The summed E-state index contributed by atoms with van der Waals surface area (Å²) in [7, 11) is 1.78. The monoisotopic (exact) mass is 433 g/mol. The van der Waals surface area contributed by atoms with Crippen LogP contribution in [-0.4, -0.2) is 51.6 Å². The van der Waals surface area contributed by atoms with E-state index >= 15 is 0 Å². The molecule has 0 radical (unpaired) electrons. The number of piperazine rings is 1. The second-order valence-corrected chi connectivity index (χ2v) is 8.76. The Morgan fingerprint density at radius 2 is 1.62 bits per heavy atom. The van der Waals surface area contributed by atoms with Gasteiger partial charge in [-0.1, -0.05) is 38.1 Å². The fourth-order valence-corrected chi connectivity index (χ4v) is 4.24. The number of aromatic nitrogens is 2. The van der Waals surface area contributed by atoms with Crippen molar-refractivity contribution in [3.8, 4) is 0 Å². The lowest BCUT2D eigenvalue weighted by atomic mass is 10.0. The van der Waals surface area contributed by atoms with Crippen LogP contribution in [0.1, 0.15) is 44.1 Å². The topological polar surface area (TPSA) is 70.5 Å². The first-order valence-corrected chi connectivity index (χ1v) is 11.2. The number of para-hydroxylation sites is 1. The summed E-state index contributed by atoms with van der Waals surface area (Å²) >= 11 is 0. The fourth-order valence-electron chi connectivity index (χ4n) is 4.24. The van der Waals surface area contributed by atoms with Gasteiger partial charge >= 0.3 is 6.03 Å². The molecule has 1 atom stereocenters. The molecule has 1 aliphatic heterocycles. The third-order valence-corrected chi connectivity index (χ3v) is 6.37. The zero-order chi connectivity index (χ0) is 22.8. The molecule has 2 amide bonds. The van der Waals surface area contributed by atoms with E-state index < -0.39 is 0 Å². The van der Waals surface area contributed by atoms with Crippen LogP contribution in [0.3, 0.4) is 0 Å². The number of hydrogen-bond acceptors (Lipinski definition) is 4. The molecule has 1 aliphatic rings. The predicted molar refractivity (Wildman–Crippen MR) is 128 cm³/mol. The quantitative estimate of drug-likeness (QED) is 0.676. The Morgan fingerprint density at radius 1 is 0.969 bits per heavy atom. The van der Waals surface area contributed by atoms with Crippen LogP contribution in [0.5, 0.6) is 0 Å². The Kier molecular flexibility index (Phi) is 6.28. The van der Waals surface area contributed by atoms with Gasteiger partial charge < -0.3 is 10.2 Å². The molecule has 0 aliphatic carbocycles. The molecule has 1 unspecified atom stereocenters. The van der Waals surface area contributed by atoms with Gasteiger partial charge in [0.05, 0.1) is 16.9 Å². The van der Waals surface area contributed by atoms with Gasteiger partial charge in [0, 0.05) is 38.9 Å². The molecule has 0 spiro atoms. The molecule has 3 aromatic rings. The van der Waals surface area contributed by atoms with Crippen LogP contribution >= 0.6 is 0 Å². The summed E-state index contributed by atoms with van der Waals surface area (Å²) in [6.45, 7) is 9.08. The Balaban J connectivity index is 1.40. The van der Waals surface area contributed by atoms with Crippen molar-refractivity contribution in [3.05, 3.63) is 70.3 Å². The maximum atomic E-state index is 12.8. The van der Waals surface area contributed by atoms with Crippen LogP contribution < -0.4 is 10.9 Å². The Hall–Kier alpha value is -3.19. The number of hydrogen-bond donors (Lipinski definition) is 1. The molecule has 2 aromatic carbocycles. The summed E-state index contributed by atoms with van der Waals surface area (Å²) in [5.74, 6) is 1.21. The molecule has 1 aromatic heterocycles. The first-order chi connectivity index (χ1) is 15.3. The van der Waals surface area contributed by atoms with Crippen molar-refractivity contribution in [1.82, 2.24) is 19.4 Å². The van der Waals surface area contributed by atoms with E-state index in [1.807, 2.05) is 41.3 Å². The molecule has 168 valence electrons. The van der Waals surface area contributed by atoms with Crippen molar-refractivity contribution in [2.75, 3.05) is 31.5 Å². The summed E-state index contributed by atoms with van der Waals surface area (Å²) in [5.41, 5.74) is 2.76. The van der Waals surface area contributed by atoms with Crippen molar-refractivity contribution >= 4 is 22.6 Å². The second kappa shape index (κ2) is 9.12. The maximum Gasteiger partial charge on any atom is 0.321 e. The molecule has 1 fully saturated rings. The number of carbonyl (C=O) groups is 1. The van der Waals surface area contributed by atoms with E-state index in [0.29, 0.717) is 24.4 Å². The van der Waals surface area contributed by atoms with Crippen LogP contribution in [0.4, 0.5) is 10.5 Å². The summed E-state index contributed by atoms with van der Waals surface area (Å²) in [4.78, 5) is 34.4. The molecule has 7 heteroatoms. The van der Waals surface area contributed by atoms with E-state index in [1.54, 1.807) is 11.6 Å². The van der Waals surface area contributed by atoms with Crippen molar-refractivity contribution in [2.45, 2.75) is 32.7 Å². The number of anilines is 1. The minimum Gasteiger partial charge on any atom is -0.322 e. The highest BCUT2D eigenvalue weighted by molar-refractivity contribution is 5.89. The molecule has 4 rings (SSSR count). The normalized spacial score (nSPS) is 15.8. The second-order valence-electron chi connectivity index (χ2n) is 8.76. The zero-order valence-corrected chi connectivity index (χ0v) is 19.2. The number of nitrogens with zero attached hydrogens (tertiary/aromatic N) is 4. The van der Waals surface area contributed by atoms with Gasteiger partial charge in [0.1, 0.15) is 5.82 Å². The third-order valence-electron chi connectivity index (χ3n) is 6.37.